The van der Waals surface area contributed by atoms with Gasteiger partial charge in [-0.2, -0.15) is 0 Å². The van der Waals surface area contributed by atoms with Crippen LogP contribution in [0.15, 0.2) is 23.0 Å². The van der Waals surface area contributed by atoms with E-state index < -0.39 is 0 Å². The second kappa shape index (κ2) is 5.25. The van der Waals surface area contributed by atoms with Crippen molar-refractivity contribution >= 4 is 5.78 Å². The third kappa shape index (κ3) is 1.88. The first kappa shape index (κ1) is 14.5. The number of allylic oxidation sites excluding steroid dienone is 3. The van der Waals surface area contributed by atoms with Crippen LogP contribution < -0.4 is 0 Å². The van der Waals surface area contributed by atoms with Gasteiger partial charge in [0.2, 0.25) is 0 Å². The van der Waals surface area contributed by atoms with Crippen LogP contribution in [-0.2, 0) is 9.53 Å². The number of methoxy groups -OCH3 is 1. The SMILES string of the molecule is CC[C@]12CC[C@H]3C4=C(CC[C@H]3[C@@H]1CCC2=O)CC(OC)=CC4. The lowest BCUT2D eigenvalue weighted by molar-refractivity contribution is -0.131. The Kier molecular flexibility index (Phi) is 3.47. The van der Waals surface area contributed by atoms with E-state index in [9.17, 15) is 4.79 Å². The summed E-state index contributed by atoms with van der Waals surface area (Å²) in [6, 6.07) is 0. The van der Waals surface area contributed by atoms with E-state index in [1.807, 2.05) is 0 Å². The number of ketones is 1. The standard InChI is InChI=1S/C20H28O2/c1-3-20-11-10-16-15-7-5-14(22-2)12-13(15)4-6-17(16)18(20)8-9-19(20)21/h5,16-18H,3-4,6-12H2,1-2H3/t16-,17+,18-,20-/m0/s1. The molecule has 4 aliphatic carbocycles. The maximum Gasteiger partial charge on any atom is 0.139 e. The molecule has 4 rings (SSSR count). The zero-order valence-corrected chi connectivity index (χ0v) is 14.0. The molecule has 0 amide bonds. The first-order valence-corrected chi connectivity index (χ1v) is 9.16. The van der Waals surface area contributed by atoms with Crippen LogP contribution in [0, 0.1) is 23.2 Å². The van der Waals surface area contributed by atoms with Crippen molar-refractivity contribution in [2.75, 3.05) is 7.11 Å². The average molecular weight is 300 g/mol. The lowest BCUT2D eigenvalue weighted by Gasteiger charge is -2.50. The Balaban J connectivity index is 1.63. The molecule has 0 saturated heterocycles. The van der Waals surface area contributed by atoms with Gasteiger partial charge < -0.3 is 4.74 Å². The summed E-state index contributed by atoms with van der Waals surface area (Å²) in [7, 11) is 1.80. The molecule has 0 radical (unpaired) electrons. The predicted octanol–water partition coefficient (Wildman–Crippen LogP) is 4.80. The molecule has 0 aromatic rings. The first-order chi connectivity index (χ1) is 10.7. The third-order valence-electron chi connectivity index (χ3n) is 7.39. The molecule has 0 aromatic carbocycles. The highest BCUT2D eigenvalue weighted by Gasteiger charge is 2.56. The Morgan fingerprint density at radius 2 is 2.14 bits per heavy atom. The van der Waals surface area contributed by atoms with Crippen LogP contribution in [0.1, 0.15) is 64.7 Å². The number of hydrogen-bond acceptors (Lipinski definition) is 2. The van der Waals surface area contributed by atoms with Crippen molar-refractivity contribution in [3.63, 3.8) is 0 Å². The normalized spacial score (nSPS) is 40.7. The summed E-state index contributed by atoms with van der Waals surface area (Å²) < 4.78 is 5.48. The molecule has 0 bridgehead atoms. The van der Waals surface area contributed by atoms with Gasteiger partial charge in [-0.05, 0) is 68.8 Å². The van der Waals surface area contributed by atoms with Crippen LogP contribution in [-0.4, -0.2) is 12.9 Å². The number of carbonyl (C=O) groups is 1. The molecular weight excluding hydrogens is 272 g/mol. The lowest BCUT2D eigenvalue weighted by atomic mass is 9.53. The Labute approximate surface area is 134 Å². The highest BCUT2D eigenvalue weighted by molar-refractivity contribution is 5.87. The molecule has 0 unspecified atom stereocenters. The van der Waals surface area contributed by atoms with E-state index in [-0.39, 0.29) is 5.41 Å². The maximum absolute atomic E-state index is 12.6. The van der Waals surface area contributed by atoms with Gasteiger partial charge in [0.25, 0.3) is 0 Å². The Hall–Kier alpha value is -1.05. The minimum atomic E-state index is 0.0570. The monoisotopic (exact) mass is 300 g/mol. The summed E-state index contributed by atoms with van der Waals surface area (Å²) in [6.45, 7) is 2.25. The highest BCUT2D eigenvalue weighted by Crippen LogP contribution is 2.61. The highest BCUT2D eigenvalue weighted by atomic mass is 16.5. The van der Waals surface area contributed by atoms with Crippen LogP contribution in [0.3, 0.4) is 0 Å². The van der Waals surface area contributed by atoms with E-state index in [0.717, 1.165) is 56.1 Å². The van der Waals surface area contributed by atoms with E-state index >= 15 is 0 Å². The molecule has 4 aliphatic rings. The predicted molar refractivity (Wildman–Crippen MR) is 87.3 cm³/mol. The average Bonchev–Trinajstić information content (AvgIpc) is 2.91. The fraction of sp³-hybridized carbons (Fsp3) is 0.750. The summed E-state index contributed by atoms with van der Waals surface area (Å²) in [6.07, 6.45) is 12.4. The lowest BCUT2D eigenvalue weighted by Crippen LogP contribution is -2.45. The van der Waals surface area contributed by atoms with Crippen molar-refractivity contribution in [3.05, 3.63) is 23.0 Å². The number of rotatable bonds is 2. The van der Waals surface area contributed by atoms with Crippen molar-refractivity contribution in [2.45, 2.75) is 64.7 Å². The Bertz CT molecular complexity index is 556. The summed E-state index contributed by atoms with van der Waals surface area (Å²) in [5, 5.41) is 0. The molecule has 2 fully saturated rings. The van der Waals surface area contributed by atoms with E-state index in [0.29, 0.717) is 11.7 Å². The second-order valence-electron chi connectivity index (χ2n) is 7.81. The quantitative estimate of drug-likeness (QED) is 0.685. The van der Waals surface area contributed by atoms with Crippen LogP contribution in [0.4, 0.5) is 0 Å². The zero-order chi connectivity index (χ0) is 15.3. The summed E-state index contributed by atoms with van der Waals surface area (Å²) in [5.41, 5.74) is 3.44. The maximum atomic E-state index is 12.6. The van der Waals surface area contributed by atoms with E-state index in [2.05, 4.69) is 13.0 Å². The zero-order valence-electron chi connectivity index (χ0n) is 14.0. The second-order valence-corrected chi connectivity index (χ2v) is 7.81. The van der Waals surface area contributed by atoms with Gasteiger partial charge in [-0.1, -0.05) is 18.1 Å². The van der Waals surface area contributed by atoms with Gasteiger partial charge in [-0.25, -0.2) is 0 Å². The van der Waals surface area contributed by atoms with Gasteiger partial charge in [0, 0.05) is 18.3 Å². The fourth-order valence-corrected chi connectivity index (χ4v) is 6.27. The fourth-order valence-electron chi connectivity index (χ4n) is 6.27. The first-order valence-electron chi connectivity index (χ1n) is 9.16. The Morgan fingerprint density at radius 3 is 2.91 bits per heavy atom. The summed E-state index contributed by atoms with van der Waals surface area (Å²) in [5.74, 6) is 3.95. The van der Waals surface area contributed by atoms with Crippen LogP contribution in [0.2, 0.25) is 0 Å². The minimum absolute atomic E-state index is 0.0570. The van der Waals surface area contributed by atoms with Crippen molar-refractivity contribution in [1.29, 1.82) is 0 Å². The molecule has 2 heteroatoms. The van der Waals surface area contributed by atoms with Gasteiger partial charge in [0.15, 0.2) is 0 Å². The van der Waals surface area contributed by atoms with Crippen molar-refractivity contribution < 1.29 is 9.53 Å². The largest absolute Gasteiger partial charge is 0.501 e. The van der Waals surface area contributed by atoms with Gasteiger partial charge in [-0.15, -0.1) is 0 Å². The summed E-state index contributed by atoms with van der Waals surface area (Å²) in [4.78, 5) is 12.6. The molecule has 0 heterocycles. The number of ether oxygens (including phenoxy) is 1. The molecule has 0 N–H and O–H groups in total. The number of carbonyl (C=O) groups excluding carboxylic acids is 1. The van der Waals surface area contributed by atoms with E-state index in [1.54, 1.807) is 18.3 Å². The van der Waals surface area contributed by atoms with Gasteiger partial charge in [-0.3, -0.25) is 4.79 Å². The minimum Gasteiger partial charge on any atom is -0.501 e. The van der Waals surface area contributed by atoms with Crippen LogP contribution in [0.5, 0.6) is 0 Å². The van der Waals surface area contributed by atoms with Gasteiger partial charge in [0.05, 0.1) is 12.9 Å². The molecule has 2 nitrogen and oxygen atoms in total. The Morgan fingerprint density at radius 1 is 1.27 bits per heavy atom. The topological polar surface area (TPSA) is 26.3 Å². The molecule has 4 atom stereocenters. The molecule has 0 spiro atoms. The van der Waals surface area contributed by atoms with Crippen molar-refractivity contribution in [1.82, 2.24) is 0 Å². The molecular formula is C20H28O2. The smallest absolute Gasteiger partial charge is 0.139 e. The summed E-state index contributed by atoms with van der Waals surface area (Å²) >= 11 is 0. The third-order valence-corrected chi connectivity index (χ3v) is 7.39. The molecule has 0 aromatic heterocycles. The van der Waals surface area contributed by atoms with Crippen LogP contribution in [0.25, 0.3) is 0 Å². The number of Topliss-reactive ketones (excluding diaryl/α,β-unsaturated/α-hetero) is 1. The molecule has 120 valence electrons. The van der Waals surface area contributed by atoms with Gasteiger partial charge in [0.1, 0.15) is 5.78 Å². The molecule has 22 heavy (non-hydrogen) atoms. The van der Waals surface area contributed by atoms with Crippen molar-refractivity contribution in [3.8, 4) is 0 Å². The molecule has 2 saturated carbocycles. The van der Waals surface area contributed by atoms with Crippen molar-refractivity contribution in [2.24, 2.45) is 23.2 Å². The molecule has 0 aliphatic heterocycles. The van der Waals surface area contributed by atoms with E-state index in [1.165, 1.54) is 19.3 Å². The van der Waals surface area contributed by atoms with Crippen LogP contribution >= 0.6 is 0 Å². The number of fused-ring (bicyclic) bond motifs is 4. The van der Waals surface area contributed by atoms with Gasteiger partial charge >= 0.3 is 0 Å². The number of hydrogen-bond donors (Lipinski definition) is 0. The van der Waals surface area contributed by atoms with E-state index in [4.69, 9.17) is 4.74 Å².